The standard InChI is InChI=1S/C21H18ClNO5/c22-15-6-3-5-12-17(24)10-19(28-20(12)15)13-4-1-2-7-18(13)27-9-8-16-14(11-23-16)21(25)26/h1-7,10,14,16,23H,8-9,11H2,(H,25,26). The highest BCUT2D eigenvalue weighted by molar-refractivity contribution is 6.34. The van der Waals surface area contributed by atoms with Crippen molar-refractivity contribution in [2.75, 3.05) is 13.2 Å². The molecule has 7 heteroatoms. The summed E-state index contributed by atoms with van der Waals surface area (Å²) in [6.45, 7) is 0.830. The maximum Gasteiger partial charge on any atom is 0.309 e. The number of hydrogen-bond acceptors (Lipinski definition) is 5. The van der Waals surface area contributed by atoms with Crippen LogP contribution in [0, 0.1) is 5.92 Å². The van der Waals surface area contributed by atoms with Crippen LogP contribution >= 0.6 is 11.6 Å². The summed E-state index contributed by atoms with van der Waals surface area (Å²) in [6, 6.07) is 13.6. The van der Waals surface area contributed by atoms with Crippen LogP contribution in [0.4, 0.5) is 0 Å². The maximum absolute atomic E-state index is 12.5. The Bertz CT molecular complexity index is 1090. The summed E-state index contributed by atoms with van der Waals surface area (Å²) in [5.41, 5.74) is 0.790. The zero-order chi connectivity index (χ0) is 19.7. The highest BCUT2D eigenvalue weighted by Crippen LogP contribution is 2.32. The second kappa shape index (κ2) is 7.66. The number of hydrogen-bond donors (Lipinski definition) is 2. The molecular weight excluding hydrogens is 382 g/mol. The van der Waals surface area contributed by atoms with Gasteiger partial charge in [0.15, 0.2) is 11.0 Å². The number of carboxylic acid groups (broad SMARTS) is 1. The molecule has 1 saturated heterocycles. The summed E-state index contributed by atoms with van der Waals surface area (Å²) in [6.07, 6.45) is 0.568. The third kappa shape index (κ3) is 3.48. The fraction of sp³-hybridized carbons (Fsp3) is 0.238. The Labute approximate surface area is 165 Å². The van der Waals surface area contributed by atoms with Gasteiger partial charge in [-0.3, -0.25) is 9.59 Å². The Hall–Kier alpha value is -2.83. The van der Waals surface area contributed by atoms with Gasteiger partial charge in [-0.25, -0.2) is 0 Å². The second-order valence-electron chi connectivity index (χ2n) is 6.68. The van der Waals surface area contributed by atoms with Crippen molar-refractivity contribution in [2.24, 2.45) is 5.92 Å². The summed E-state index contributed by atoms with van der Waals surface area (Å²) in [4.78, 5) is 23.6. The van der Waals surface area contributed by atoms with Crippen LogP contribution in [0.2, 0.25) is 5.02 Å². The van der Waals surface area contributed by atoms with Crippen LogP contribution < -0.4 is 15.5 Å². The van der Waals surface area contributed by atoms with Gasteiger partial charge in [0.05, 0.1) is 28.5 Å². The first-order valence-corrected chi connectivity index (χ1v) is 9.33. The Morgan fingerprint density at radius 3 is 2.82 bits per heavy atom. The van der Waals surface area contributed by atoms with E-state index in [9.17, 15) is 9.59 Å². The number of fused-ring (bicyclic) bond motifs is 1. The van der Waals surface area contributed by atoms with Gasteiger partial charge in [0, 0.05) is 18.7 Å². The van der Waals surface area contributed by atoms with Gasteiger partial charge >= 0.3 is 5.97 Å². The zero-order valence-corrected chi connectivity index (χ0v) is 15.6. The Kier molecular flexibility index (Phi) is 5.07. The third-order valence-electron chi connectivity index (χ3n) is 4.95. The van der Waals surface area contributed by atoms with E-state index in [-0.39, 0.29) is 17.4 Å². The van der Waals surface area contributed by atoms with E-state index in [1.54, 1.807) is 30.3 Å². The molecule has 2 aromatic carbocycles. The molecule has 0 bridgehead atoms. The average molecular weight is 400 g/mol. The van der Waals surface area contributed by atoms with Crippen LogP contribution in [0.3, 0.4) is 0 Å². The molecule has 2 heterocycles. The summed E-state index contributed by atoms with van der Waals surface area (Å²) >= 11 is 6.19. The van der Waals surface area contributed by atoms with E-state index in [0.717, 1.165) is 0 Å². The van der Waals surface area contributed by atoms with E-state index in [2.05, 4.69) is 5.32 Å². The molecule has 1 aliphatic rings. The van der Waals surface area contributed by atoms with Crippen molar-refractivity contribution in [1.29, 1.82) is 0 Å². The fourth-order valence-corrected chi connectivity index (χ4v) is 3.55. The number of aliphatic carboxylic acids is 1. The Morgan fingerprint density at radius 1 is 1.25 bits per heavy atom. The topological polar surface area (TPSA) is 88.8 Å². The van der Waals surface area contributed by atoms with Crippen LogP contribution in [-0.2, 0) is 4.79 Å². The molecule has 0 radical (unpaired) electrons. The molecule has 6 nitrogen and oxygen atoms in total. The minimum atomic E-state index is -0.793. The molecule has 3 aromatic rings. The van der Waals surface area contributed by atoms with Gasteiger partial charge in [-0.05, 0) is 30.7 Å². The Morgan fingerprint density at radius 2 is 2.07 bits per heavy atom. The van der Waals surface area contributed by atoms with E-state index in [4.69, 9.17) is 25.9 Å². The van der Waals surface area contributed by atoms with Crippen molar-refractivity contribution < 1.29 is 19.1 Å². The van der Waals surface area contributed by atoms with Gasteiger partial charge in [-0.15, -0.1) is 0 Å². The highest BCUT2D eigenvalue weighted by Gasteiger charge is 2.35. The lowest BCUT2D eigenvalue weighted by molar-refractivity contribution is -0.145. The monoisotopic (exact) mass is 399 g/mol. The van der Waals surface area contributed by atoms with Crippen LogP contribution in [-0.4, -0.2) is 30.3 Å². The first kappa shape index (κ1) is 18.5. The molecule has 2 atom stereocenters. The van der Waals surface area contributed by atoms with Crippen molar-refractivity contribution in [3.8, 4) is 17.1 Å². The van der Waals surface area contributed by atoms with Crippen LogP contribution in [0.25, 0.3) is 22.3 Å². The molecule has 1 fully saturated rings. The minimum absolute atomic E-state index is 0.0953. The lowest BCUT2D eigenvalue weighted by atomic mass is 9.90. The quantitative estimate of drug-likeness (QED) is 0.659. The van der Waals surface area contributed by atoms with Gasteiger partial charge in [0.25, 0.3) is 0 Å². The zero-order valence-electron chi connectivity index (χ0n) is 14.9. The molecule has 0 aliphatic carbocycles. The lowest BCUT2D eigenvalue weighted by Gasteiger charge is -2.34. The normalized spacial score (nSPS) is 18.6. The minimum Gasteiger partial charge on any atom is -0.493 e. The fourth-order valence-electron chi connectivity index (χ4n) is 3.33. The van der Waals surface area contributed by atoms with Crippen molar-refractivity contribution in [2.45, 2.75) is 12.5 Å². The van der Waals surface area contributed by atoms with E-state index >= 15 is 0 Å². The molecule has 0 saturated carbocycles. The van der Waals surface area contributed by atoms with Gasteiger partial charge in [-0.2, -0.15) is 0 Å². The smallest absolute Gasteiger partial charge is 0.309 e. The van der Waals surface area contributed by atoms with Crippen molar-refractivity contribution in [3.05, 3.63) is 63.8 Å². The Balaban J connectivity index is 1.58. The van der Waals surface area contributed by atoms with Gasteiger partial charge < -0.3 is 19.6 Å². The molecule has 2 unspecified atom stereocenters. The van der Waals surface area contributed by atoms with Crippen LogP contribution in [0.1, 0.15) is 6.42 Å². The number of carbonyl (C=O) groups is 1. The molecular formula is C21H18ClNO5. The SMILES string of the molecule is O=C(O)C1CNC1CCOc1ccccc1-c1cc(=O)c2cccc(Cl)c2o1. The maximum atomic E-state index is 12.5. The molecule has 0 amide bonds. The molecule has 4 rings (SSSR count). The number of carboxylic acids is 1. The highest BCUT2D eigenvalue weighted by atomic mass is 35.5. The molecule has 1 aliphatic heterocycles. The largest absolute Gasteiger partial charge is 0.493 e. The van der Waals surface area contributed by atoms with Crippen molar-refractivity contribution in [1.82, 2.24) is 5.32 Å². The molecule has 144 valence electrons. The summed E-state index contributed by atoms with van der Waals surface area (Å²) in [5.74, 6) is -0.243. The summed E-state index contributed by atoms with van der Waals surface area (Å²) in [7, 11) is 0. The first-order chi connectivity index (χ1) is 13.5. The molecule has 0 spiro atoms. The number of benzene rings is 2. The lowest BCUT2D eigenvalue weighted by Crippen LogP contribution is -2.56. The molecule has 1 aromatic heterocycles. The number of ether oxygens (including phenoxy) is 1. The van der Waals surface area contributed by atoms with E-state index < -0.39 is 5.97 Å². The molecule has 2 N–H and O–H groups in total. The van der Waals surface area contributed by atoms with E-state index in [1.165, 1.54) is 6.07 Å². The third-order valence-corrected chi connectivity index (χ3v) is 5.25. The predicted molar refractivity (Wildman–Crippen MR) is 106 cm³/mol. The number of halogens is 1. The summed E-state index contributed by atoms with van der Waals surface area (Å²) < 4.78 is 11.8. The van der Waals surface area contributed by atoms with E-state index in [1.807, 2.05) is 12.1 Å². The van der Waals surface area contributed by atoms with E-state index in [0.29, 0.717) is 52.6 Å². The average Bonchev–Trinajstić information content (AvgIpc) is 2.65. The number of rotatable bonds is 6. The predicted octanol–water partition coefficient (Wildman–Crippen LogP) is 3.55. The second-order valence-corrected chi connectivity index (χ2v) is 7.09. The van der Waals surface area contributed by atoms with Gasteiger partial charge in [-0.1, -0.05) is 29.8 Å². The first-order valence-electron chi connectivity index (χ1n) is 8.95. The van der Waals surface area contributed by atoms with Crippen LogP contribution in [0.15, 0.2) is 57.7 Å². The number of para-hydroxylation sites is 2. The van der Waals surface area contributed by atoms with Gasteiger partial charge in [0.2, 0.25) is 0 Å². The molecule has 28 heavy (non-hydrogen) atoms. The number of nitrogens with one attached hydrogen (secondary N) is 1. The van der Waals surface area contributed by atoms with Gasteiger partial charge in [0.1, 0.15) is 11.5 Å². The van der Waals surface area contributed by atoms with Crippen molar-refractivity contribution in [3.63, 3.8) is 0 Å². The summed E-state index contributed by atoms with van der Waals surface area (Å²) in [5, 5.41) is 13.0. The van der Waals surface area contributed by atoms with Crippen molar-refractivity contribution >= 4 is 28.5 Å². The van der Waals surface area contributed by atoms with Crippen LogP contribution in [0.5, 0.6) is 5.75 Å².